The lowest BCUT2D eigenvalue weighted by Gasteiger charge is -2.23. The van der Waals surface area contributed by atoms with Crippen molar-refractivity contribution in [3.05, 3.63) is 29.6 Å². The van der Waals surface area contributed by atoms with E-state index in [0.717, 1.165) is 12.2 Å². The molecule has 0 atom stereocenters. The number of likely N-dealkylation sites (tertiary alicyclic amines) is 1. The van der Waals surface area contributed by atoms with E-state index in [0.29, 0.717) is 12.0 Å². The number of nitrogens with zero attached hydrogens (tertiary/aromatic N) is 2. The molecule has 0 bridgehead atoms. The van der Waals surface area contributed by atoms with Crippen molar-refractivity contribution in [2.24, 2.45) is 11.1 Å². The summed E-state index contributed by atoms with van der Waals surface area (Å²) in [6.45, 7) is 8.74. The van der Waals surface area contributed by atoms with Crippen molar-refractivity contribution in [2.75, 3.05) is 13.1 Å². The van der Waals surface area contributed by atoms with Crippen LogP contribution in [0.1, 0.15) is 44.4 Å². The molecule has 0 aromatic carbocycles. The quantitative estimate of drug-likeness (QED) is 0.892. The van der Waals surface area contributed by atoms with Gasteiger partial charge in [-0.1, -0.05) is 13.8 Å². The summed E-state index contributed by atoms with van der Waals surface area (Å²) in [6, 6.07) is 4.24. The predicted octanol–water partition coefficient (Wildman–Crippen LogP) is 2.55. The Labute approximate surface area is 110 Å². The van der Waals surface area contributed by atoms with Gasteiger partial charge in [0, 0.05) is 19.3 Å². The van der Waals surface area contributed by atoms with Crippen molar-refractivity contribution in [1.82, 2.24) is 9.88 Å². The maximum absolute atomic E-state index is 5.64. The average molecular weight is 247 g/mol. The molecule has 1 aliphatic heterocycles. The third-order valence-electron chi connectivity index (χ3n) is 3.93. The van der Waals surface area contributed by atoms with Gasteiger partial charge in [-0.15, -0.1) is 0 Å². The topological polar surface area (TPSA) is 42.2 Å². The average Bonchev–Trinajstić information content (AvgIpc) is 2.51. The second kappa shape index (κ2) is 5.81. The minimum atomic E-state index is 0.509. The van der Waals surface area contributed by atoms with E-state index in [1.54, 1.807) is 0 Å². The molecule has 0 unspecified atom stereocenters. The van der Waals surface area contributed by atoms with E-state index in [-0.39, 0.29) is 0 Å². The van der Waals surface area contributed by atoms with E-state index in [4.69, 9.17) is 5.73 Å². The van der Waals surface area contributed by atoms with Crippen molar-refractivity contribution in [3.8, 4) is 0 Å². The van der Waals surface area contributed by atoms with Gasteiger partial charge in [0.25, 0.3) is 0 Å². The summed E-state index contributed by atoms with van der Waals surface area (Å²) >= 11 is 0. The molecular weight excluding hydrogens is 222 g/mol. The molecule has 0 spiro atoms. The van der Waals surface area contributed by atoms with Gasteiger partial charge in [0.1, 0.15) is 0 Å². The van der Waals surface area contributed by atoms with Crippen LogP contribution in [0.4, 0.5) is 0 Å². The van der Waals surface area contributed by atoms with Crippen LogP contribution < -0.4 is 5.73 Å². The zero-order chi connectivity index (χ0) is 13.0. The smallest absolute Gasteiger partial charge is 0.0542 e. The Bertz CT molecular complexity index is 387. The van der Waals surface area contributed by atoms with Gasteiger partial charge in [-0.2, -0.15) is 0 Å². The second-order valence-electron chi connectivity index (χ2n) is 6.15. The molecule has 3 nitrogen and oxygen atoms in total. The van der Waals surface area contributed by atoms with E-state index < -0.39 is 0 Å². The summed E-state index contributed by atoms with van der Waals surface area (Å²) in [4.78, 5) is 6.81. The molecule has 2 N–H and O–H groups in total. The van der Waals surface area contributed by atoms with Crippen LogP contribution in [0, 0.1) is 5.41 Å². The van der Waals surface area contributed by atoms with Crippen LogP contribution in [-0.2, 0) is 13.1 Å². The first-order valence-corrected chi connectivity index (χ1v) is 6.95. The summed E-state index contributed by atoms with van der Waals surface area (Å²) in [6.07, 6.45) is 5.82. The zero-order valence-electron chi connectivity index (χ0n) is 11.7. The van der Waals surface area contributed by atoms with E-state index in [2.05, 4.69) is 35.9 Å². The van der Waals surface area contributed by atoms with Gasteiger partial charge in [0.2, 0.25) is 0 Å². The summed E-state index contributed by atoms with van der Waals surface area (Å²) in [5.74, 6) is 0. The molecule has 1 aliphatic rings. The highest BCUT2D eigenvalue weighted by atomic mass is 15.1. The summed E-state index contributed by atoms with van der Waals surface area (Å²) in [7, 11) is 0. The molecule has 0 saturated carbocycles. The van der Waals surface area contributed by atoms with Gasteiger partial charge >= 0.3 is 0 Å². The predicted molar refractivity (Wildman–Crippen MR) is 75.0 cm³/mol. The highest BCUT2D eigenvalue weighted by Gasteiger charge is 2.22. The van der Waals surface area contributed by atoms with E-state index in [1.165, 1.54) is 37.9 Å². The lowest BCUT2D eigenvalue weighted by molar-refractivity contribution is 0.256. The Morgan fingerprint density at radius 3 is 2.94 bits per heavy atom. The lowest BCUT2D eigenvalue weighted by Crippen LogP contribution is -2.25. The van der Waals surface area contributed by atoms with Crippen molar-refractivity contribution in [2.45, 2.75) is 46.2 Å². The van der Waals surface area contributed by atoms with Gasteiger partial charge in [-0.25, -0.2) is 0 Å². The van der Waals surface area contributed by atoms with E-state index >= 15 is 0 Å². The van der Waals surface area contributed by atoms with Crippen molar-refractivity contribution < 1.29 is 0 Å². The maximum atomic E-state index is 5.64. The van der Waals surface area contributed by atoms with E-state index in [1.807, 2.05) is 6.20 Å². The van der Waals surface area contributed by atoms with Gasteiger partial charge in [0.15, 0.2) is 0 Å². The van der Waals surface area contributed by atoms with E-state index in [9.17, 15) is 0 Å². The lowest BCUT2D eigenvalue weighted by atomic mass is 9.85. The Morgan fingerprint density at radius 2 is 2.17 bits per heavy atom. The minimum absolute atomic E-state index is 0.509. The van der Waals surface area contributed by atoms with Crippen LogP contribution >= 0.6 is 0 Å². The Balaban J connectivity index is 1.96. The van der Waals surface area contributed by atoms with Crippen molar-refractivity contribution >= 4 is 0 Å². The second-order valence-corrected chi connectivity index (χ2v) is 6.15. The monoisotopic (exact) mass is 247 g/mol. The SMILES string of the molecule is CC1(C)CCCN(Cc2ccnc(CN)c2)CC1. The summed E-state index contributed by atoms with van der Waals surface area (Å²) in [5, 5.41) is 0. The Morgan fingerprint density at radius 1 is 1.33 bits per heavy atom. The summed E-state index contributed by atoms with van der Waals surface area (Å²) < 4.78 is 0. The van der Waals surface area contributed by atoms with Gasteiger partial charge < -0.3 is 5.73 Å². The van der Waals surface area contributed by atoms with Crippen LogP contribution in [0.25, 0.3) is 0 Å². The van der Waals surface area contributed by atoms with Crippen LogP contribution in [-0.4, -0.2) is 23.0 Å². The van der Waals surface area contributed by atoms with Gasteiger partial charge in [0.05, 0.1) is 5.69 Å². The number of rotatable bonds is 3. The van der Waals surface area contributed by atoms with Crippen LogP contribution in [0.15, 0.2) is 18.3 Å². The molecule has 2 rings (SSSR count). The van der Waals surface area contributed by atoms with Crippen LogP contribution in [0.2, 0.25) is 0 Å². The van der Waals surface area contributed by atoms with Gasteiger partial charge in [-0.05, 0) is 55.5 Å². The normalized spacial score (nSPS) is 20.6. The first kappa shape index (κ1) is 13.5. The fourth-order valence-corrected chi connectivity index (χ4v) is 2.63. The third kappa shape index (κ3) is 3.79. The first-order valence-electron chi connectivity index (χ1n) is 6.95. The van der Waals surface area contributed by atoms with Crippen LogP contribution in [0.3, 0.4) is 0 Å². The minimum Gasteiger partial charge on any atom is -0.325 e. The molecule has 1 aromatic rings. The van der Waals surface area contributed by atoms with Crippen molar-refractivity contribution in [3.63, 3.8) is 0 Å². The third-order valence-corrected chi connectivity index (χ3v) is 3.93. The molecule has 1 saturated heterocycles. The number of hydrogen-bond donors (Lipinski definition) is 1. The van der Waals surface area contributed by atoms with Crippen LogP contribution in [0.5, 0.6) is 0 Å². The molecule has 2 heterocycles. The van der Waals surface area contributed by atoms with Gasteiger partial charge in [-0.3, -0.25) is 9.88 Å². The molecule has 0 amide bonds. The number of hydrogen-bond acceptors (Lipinski definition) is 3. The first-order chi connectivity index (χ1) is 8.59. The fourth-order valence-electron chi connectivity index (χ4n) is 2.63. The molecule has 18 heavy (non-hydrogen) atoms. The molecule has 0 aliphatic carbocycles. The molecular formula is C15H25N3. The highest BCUT2D eigenvalue weighted by Crippen LogP contribution is 2.30. The molecule has 3 heteroatoms. The highest BCUT2D eigenvalue weighted by molar-refractivity contribution is 5.16. The Kier molecular flexibility index (Phi) is 4.36. The zero-order valence-corrected chi connectivity index (χ0v) is 11.7. The largest absolute Gasteiger partial charge is 0.325 e. The molecule has 100 valence electrons. The maximum Gasteiger partial charge on any atom is 0.0542 e. The molecule has 1 aromatic heterocycles. The molecule has 0 radical (unpaired) electrons. The molecule has 1 fully saturated rings. The number of aromatic nitrogens is 1. The number of nitrogens with two attached hydrogens (primary N) is 1. The fraction of sp³-hybridized carbons (Fsp3) is 0.667. The Hall–Kier alpha value is -0.930. The number of pyridine rings is 1. The summed E-state index contributed by atoms with van der Waals surface area (Å²) in [5.41, 5.74) is 8.47. The van der Waals surface area contributed by atoms with Crippen molar-refractivity contribution in [1.29, 1.82) is 0 Å². The standard InChI is InChI=1S/C15H25N3/c1-15(2)5-3-8-18(9-6-15)12-13-4-7-17-14(10-13)11-16/h4,7,10H,3,5-6,8-9,11-12,16H2,1-2H3.